The highest BCUT2D eigenvalue weighted by molar-refractivity contribution is 6.05. The number of ether oxygens (including phenoxy) is 1. The summed E-state index contributed by atoms with van der Waals surface area (Å²) in [5, 5.41) is 5.58. The van der Waals surface area contributed by atoms with Gasteiger partial charge in [-0.25, -0.2) is 4.79 Å². The first-order chi connectivity index (χ1) is 15.4. The molecular formula is C24H24F3N3O3. The van der Waals surface area contributed by atoms with Crippen LogP contribution < -0.4 is 15.4 Å². The maximum Gasteiger partial charge on any atom is 0.416 e. The number of amides is 3. The van der Waals surface area contributed by atoms with E-state index in [0.717, 1.165) is 17.7 Å². The molecule has 9 heteroatoms. The second kappa shape index (κ2) is 8.13. The summed E-state index contributed by atoms with van der Waals surface area (Å²) in [6, 6.07) is 8.36. The fraction of sp³-hybridized carbons (Fsp3) is 0.333. The van der Waals surface area contributed by atoms with Crippen LogP contribution in [0.25, 0.3) is 5.57 Å². The molecule has 174 valence electrons. The third-order valence-corrected chi connectivity index (χ3v) is 5.61. The van der Waals surface area contributed by atoms with Gasteiger partial charge in [-0.3, -0.25) is 4.79 Å². The zero-order valence-corrected chi connectivity index (χ0v) is 18.5. The van der Waals surface area contributed by atoms with Gasteiger partial charge in [0.05, 0.1) is 5.56 Å². The number of carbonyl (C=O) groups is 2. The number of rotatable bonds is 3. The summed E-state index contributed by atoms with van der Waals surface area (Å²) >= 11 is 0. The van der Waals surface area contributed by atoms with Crippen LogP contribution in [0.5, 0.6) is 5.75 Å². The molecule has 2 aromatic carbocycles. The van der Waals surface area contributed by atoms with E-state index in [9.17, 15) is 22.8 Å². The zero-order valence-electron chi connectivity index (χ0n) is 18.5. The van der Waals surface area contributed by atoms with Gasteiger partial charge >= 0.3 is 12.2 Å². The summed E-state index contributed by atoms with van der Waals surface area (Å²) in [6.07, 6.45) is -2.75. The highest BCUT2D eigenvalue weighted by atomic mass is 19.4. The lowest BCUT2D eigenvalue weighted by molar-refractivity contribution is -0.137. The van der Waals surface area contributed by atoms with Crippen LogP contribution in [0.2, 0.25) is 0 Å². The minimum atomic E-state index is -4.49. The van der Waals surface area contributed by atoms with Crippen LogP contribution in [-0.2, 0) is 17.5 Å². The Labute approximate surface area is 189 Å². The van der Waals surface area contributed by atoms with Crippen LogP contribution in [0, 0.1) is 0 Å². The number of urea groups is 1. The summed E-state index contributed by atoms with van der Waals surface area (Å²) in [4.78, 5) is 26.5. The molecule has 0 saturated carbocycles. The normalized spacial score (nSPS) is 18.2. The number of anilines is 2. The minimum absolute atomic E-state index is 0.0945. The van der Waals surface area contributed by atoms with Crippen LogP contribution in [0.15, 0.2) is 42.5 Å². The zero-order chi connectivity index (χ0) is 24.0. The first-order valence-electron chi connectivity index (χ1n) is 10.6. The summed E-state index contributed by atoms with van der Waals surface area (Å²) < 4.78 is 45.1. The summed E-state index contributed by atoms with van der Waals surface area (Å²) in [5.41, 5.74) is 1.53. The number of nitrogens with one attached hydrogen (secondary N) is 2. The van der Waals surface area contributed by atoms with Crippen LogP contribution >= 0.6 is 0 Å². The largest absolute Gasteiger partial charge is 0.487 e. The molecule has 2 aliphatic heterocycles. The van der Waals surface area contributed by atoms with Crippen molar-refractivity contribution in [3.8, 4) is 5.75 Å². The van der Waals surface area contributed by atoms with Gasteiger partial charge < -0.3 is 20.3 Å². The lowest BCUT2D eigenvalue weighted by Gasteiger charge is -2.34. The van der Waals surface area contributed by atoms with Crippen molar-refractivity contribution >= 4 is 28.9 Å². The number of alkyl halides is 3. The van der Waals surface area contributed by atoms with Gasteiger partial charge in [-0.05, 0) is 56.2 Å². The van der Waals surface area contributed by atoms with Gasteiger partial charge in [-0.2, -0.15) is 13.2 Å². The van der Waals surface area contributed by atoms with Crippen molar-refractivity contribution in [1.82, 2.24) is 4.90 Å². The number of benzene rings is 2. The van der Waals surface area contributed by atoms with E-state index in [0.29, 0.717) is 42.0 Å². The van der Waals surface area contributed by atoms with Crippen molar-refractivity contribution < 1.29 is 27.5 Å². The van der Waals surface area contributed by atoms with E-state index < -0.39 is 23.2 Å². The quantitative estimate of drug-likeness (QED) is 0.583. The molecule has 0 aliphatic carbocycles. The molecule has 6 nitrogen and oxygen atoms in total. The van der Waals surface area contributed by atoms with Crippen molar-refractivity contribution in [2.45, 2.75) is 45.5 Å². The molecule has 0 atom stereocenters. The molecular weight excluding hydrogens is 435 g/mol. The van der Waals surface area contributed by atoms with Gasteiger partial charge in [0.25, 0.3) is 0 Å². The molecule has 4 rings (SSSR count). The molecule has 0 bridgehead atoms. The number of halogens is 3. The Morgan fingerprint density at radius 1 is 1.24 bits per heavy atom. The molecule has 33 heavy (non-hydrogen) atoms. The smallest absolute Gasteiger partial charge is 0.416 e. The average Bonchev–Trinajstić information content (AvgIpc) is 2.71. The van der Waals surface area contributed by atoms with Crippen molar-refractivity contribution in [3.05, 3.63) is 59.2 Å². The monoisotopic (exact) mass is 459 g/mol. The molecule has 0 saturated heterocycles. The van der Waals surface area contributed by atoms with Gasteiger partial charge in [0.15, 0.2) is 0 Å². The Morgan fingerprint density at radius 2 is 2.00 bits per heavy atom. The highest BCUT2D eigenvalue weighted by Crippen LogP contribution is 2.43. The average molecular weight is 459 g/mol. The van der Waals surface area contributed by atoms with Gasteiger partial charge in [0.1, 0.15) is 11.4 Å². The lowest BCUT2D eigenvalue weighted by atomic mass is 9.88. The molecule has 3 amide bonds. The minimum Gasteiger partial charge on any atom is -0.487 e. The van der Waals surface area contributed by atoms with E-state index in [2.05, 4.69) is 10.6 Å². The molecule has 0 aromatic heterocycles. The van der Waals surface area contributed by atoms with Crippen molar-refractivity contribution in [3.63, 3.8) is 0 Å². The van der Waals surface area contributed by atoms with Crippen molar-refractivity contribution in [2.75, 3.05) is 17.2 Å². The highest BCUT2D eigenvalue weighted by Gasteiger charge is 2.35. The van der Waals surface area contributed by atoms with Gasteiger partial charge in [-0.1, -0.05) is 12.1 Å². The SMILES string of the molecule is CCN1Cc2ccc(NC(=O)/C=C3\CC(C)(C)Oc4cc(C(F)(F)F)ccc43)cc2NC1=O. The van der Waals surface area contributed by atoms with Crippen LogP contribution in [-0.4, -0.2) is 29.0 Å². The topological polar surface area (TPSA) is 70.7 Å². The number of nitrogens with zero attached hydrogens (tertiary/aromatic N) is 1. The van der Waals surface area contributed by atoms with Gasteiger partial charge in [0, 0.05) is 42.5 Å². The van der Waals surface area contributed by atoms with Crippen LogP contribution in [0.1, 0.15) is 43.9 Å². The molecule has 2 N–H and O–H groups in total. The van der Waals surface area contributed by atoms with E-state index in [1.165, 1.54) is 12.1 Å². The molecule has 0 unspecified atom stereocenters. The third-order valence-electron chi connectivity index (χ3n) is 5.61. The van der Waals surface area contributed by atoms with Crippen molar-refractivity contribution in [2.24, 2.45) is 0 Å². The van der Waals surface area contributed by atoms with E-state index >= 15 is 0 Å². The summed E-state index contributed by atoms with van der Waals surface area (Å²) in [5.74, 6) is -0.331. The predicted molar refractivity (Wildman–Crippen MR) is 119 cm³/mol. The Morgan fingerprint density at radius 3 is 2.70 bits per heavy atom. The second-order valence-electron chi connectivity index (χ2n) is 8.72. The summed E-state index contributed by atoms with van der Waals surface area (Å²) in [7, 11) is 0. The first-order valence-corrected chi connectivity index (χ1v) is 10.6. The van der Waals surface area contributed by atoms with E-state index in [4.69, 9.17) is 4.74 Å². The predicted octanol–water partition coefficient (Wildman–Crippen LogP) is 5.66. The Bertz CT molecular complexity index is 1160. The maximum atomic E-state index is 13.1. The molecule has 2 heterocycles. The fourth-order valence-electron chi connectivity index (χ4n) is 4.04. The fourth-order valence-corrected chi connectivity index (χ4v) is 4.04. The number of hydrogen-bond acceptors (Lipinski definition) is 3. The number of hydrogen-bond donors (Lipinski definition) is 2. The Balaban J connectivity index is 1.58. The number of carbonyl (C=O) groups excluding carboxylic acids is 2. The van der Waals surface area contributed by atoms with E-state index in [-0.39, 0.29) is 11.8 Å². The molecule has 0 fully saturated rings. The Kier molecular flexibility index (Phi) is 5.59. The third kappa shape index (κ3) is 4.81. The molecule has 2 aliphatic rings. The standard InChI is InChI=1S/C24H24F3N3O3/c1-4-30-13-14-5-7-17(11-19(14)29-22(30)32)28-21(31)9-15-12-23(2,3)33-20-10-16(24(25,26)27)6-8-18(15)20/h5-11H,4,12-13H2,1-3H3,(H,28,31)(H,29,32)/b15-9+. The summed E-state index contributed by atoms with van der Waals surface area (Å²) in [6.45, 7) is 6.48. The van der Waals surface area contributed by atoms with E-state index in [1.54, 1.807) is 30.9 Å². The van der Waals surface area contributed by atoms with Gasteiger partial charge in [-0.15, -0.1) is 0 Å². The van der Waals surface area contributed by atoms with Crippen molar-refractivity contribution in [1.29, 1.82) is 0 Å². The molecule has 2 aromatic rings. The van der Waals surface area contributed by atoms with Crippen LogP contribution in [0.3, 0.4) is 0 Å². The molecule has 0 spiro atoms. The maximum absolute atomic E-state index is 13.1. The van der Waals surface area contributed by atoms with Crippen LogP contribution in [0.4, 0.5) is 29.3 Å². The van der Waals surface area contributed by atoms with E-state index in [1.807, 2.05) is 13.0 Å². The number of fused-ring (bicyclic) bond motifs is 2. The first kappa shape index (κ1) is 22.7. The Hall–Kier alpha value is -3.49. The lowest BCUT2D eigenvalue weighted by Crippen LogP contribution is -2.38. The molecule has 0 radical (unpaired) electrons. The second-order valence-corrected chi connectivity index (χ2v) is 8.72. The van der Waals surface area contributed by atoms with Gasteiger partial charge in [0.2, 0.25) is 5.91 Å².